The maximum atomic E-state index is 11.5. The summed E-state index contributed by atoms with van der Waals surface area (Å²) < 4.78 is 1.19. The summed E-state index contributed by atoms with van der Waals surface area (Å²) in [6.07, 6.45) is 2.42. The topological polar surface area (TPSA) is 78.3 Å². The van der Waals surface area contributed by atoms with Crippen molar-refractivity contribution in [3.8, 4) is 5.88 Å². The lowest BCUT2D eigenvalue weighted by molar-refractivity contribution is 0.257. The Morgan fingerprint density at radius 3 is 2.76 bits per heavy atom. The summed E-state index contributed by atoms with van der Waals surface area (Å²) in [5, 5.41) is 9.54. The molecule has 1 aliphatic rings. The van der Waals surface area contributed by atoms with Gasteiger partial charge in [-0.2, -0.15) is 0 Å². The summed E-state index contributed by atoms with van der Waals surface area (Å²) in [6, 6.07) is 1.65. The standard InChI is InChI=1S/C11H17N3O3/c1-2-13(8-3-4-8)5-6-14-10(16)7-9(15)12-11(14)17/h7-8,16H,2-6H2,1H3,(H,12,15,17). The van der Waals surface area contributed by atoms with E-state index in [4.69, 9.17) is 0 Å². The van der Waals surface area contributed by atoms with Gasteiger partial charge in [-0.15, -0.1) is 0 Å². The molecule has 0 amide bonds. The first kappa shape index (κ1) is 11.9. The molecule has 0 unspecified atom stereocenters. The molecular formula is C11H17N3O3. The van der Waals surface area contributed by atoms with Crippen molar-refractivity contribution in [1.82, 2.24) is 14.5 Å². The number of hydrogen-bond acceptors (Lipinski definition) is 4. The molecular weight excluding hydrogens is 222 g/mol. The number of aromatic amines is 1. The Kier molecular flexibility index (Phi) is 3.33. The first-order valence-electron chi connectivity index (χ1n) is 5.89. The number of nitrogens with zero attached hydrogens (tertiary/aromatic N) is 2. The largest absolute Gasteiger partial charge is 0.494 e. The molecule has 17 heavy (non-hydrogen) atoms. The Labute approximate surface area is 98.5 Å². The second-order valence-electron chi connectivity index (χ2n) is 4.31. The molecule has 6 heteroatoms. The van der Waals surface area contributed by atoms with E-state index in [0.717, 1.165) is 12.6 Å². The molecule has 6 nitrogen and oxygen atoms in total. The van der Waals surface area contributed by atoms with Gasteiger partial charge in [0.1, 0.15) is 0 Å². The van der Waals surface area contributed by atoms with Crippen molar-refractivity contribution in [3.05, 3.63) is 26.9 Å². The quantitative estimate of drug-likeness (QED) is 0.741. The number of likely N-dealkylation sites (N-methyl/N-ethyl adjacent to an activating group) is 1. The first-order valence-corrected chi connectivity index (χ1v) is 5.89. The molecule has 2 rings (SSSR count). The Morgan fingerprint density at radius 2 is 2.24 bits per heavy atom. The van der Waals surface area contributed by atoms with Gasteiger partial charge in [0.05, 0.1) is 6.07 Å². The molecule has 1 heterocycles. The molecule has 1 fully saturated rings. The third-order valence-corrected chi connectivity index (χ3v) is 3.09. The van der Waals surface area contributed by atoms with Crippen molar-refractivity contribution in [1.29, 1.82) is 0 Å². The molecule has 2 N–H and O–H groups in total. The lowest BCUT2D eigenvalue weighted by Crippen LogP contribution is -2.35. The van der Waals surface area contributed by atoms with Gasteiger partial charge < -0.3 is 5.11 Å². The van der Waals surface area contributed by atoms with Crippen LogP contribution in [0.1, 0.15) is 19.8 Å². The summed E-state index contributed by atoms with van der Waals surface area (Å²) >= 11 is 0. The zero-order valence-electron chi connectivity index (χ0n) is 9.85. The van der Waals surface area contributed by atoms with Crippen LogP contribution in [0.5, 0.6) is 5.88 Å². The highest BCUT2D eigenvalue weighted by Gasteiger charge is 2.27. The van der Waals surface area contributed by atoms with Crippen molar-refractivity contribution < 1.29 is 5.11 Å². The van der Waals surface area contributed by atoms with Crippen LogP contribution in [0.15, 0.2) is 15.7 Å². The van der Waals surface area contributed by atoms with E-state index in [0.29, 0.717) is 19.1 Å². The van der Waals surface area contributed by atoms with Crippen molar-refractivity contribution in [2.75, 3.05) is 13.1 Å². The van der Waals surface area contributed by atoms with Crippen molar-refractivity contribution in [2.24, 2.45) is 0 Å². The maximum absolute atomic E-state index is 11.5. The molecule has 1 aliphatic carbocycles. The fraction of sp³-hybridized carbons (Fsp3) is 0.636. The van der Waals surface area contributed by atoms with E-state index in [-0.39, 0.29) is 5.88 Å². The Hall–Kier alpha value is -1.56. The highest BCUT2D eigenvalue weighted by molar-refractivity contribution is 5.05. The van der Waals surface area contributed by atoms with Gasteiger partial charge in [-0.25, -0.2) is 4.79 Å². The highest BCUT2D eigenvalue weighted by atomic mass is 16.3. The SMILES string of the molecule is CCN(CCn1c(O)cc(=O)[nH]c1=O)C1CC1. The van der Waals surface area contributed by atoms with Crippen LogP contribution in [0.25, 0.3) is 0 Å². The Balaban J connectivity index is 2.08. The fourth-order valence-electron chi connectivity index (χ4n) is 1.99. The second-order valence-corrected chi connectivity index (χ2v) is 4.31. The van der Waals surface area contributed by atoms with Crippen molar-refractivity contribution in [2.45, 2.75) is 32.4 Å². The van der Waals surface area contributed by atoms with E-state index in [1.165, 1.54) is 17.4 Å². The van der Waals surface area contributed by atoms with Gasteiger partial charge >= 0.3 is 5.69 Å². The van der Waals surface area contributed by atoms with Gasteiger partial charge in [-0.1, -0.05) is 6.92 Å². The third-order valence-electron chi connectivity index (χ3n) is 3.09. The molecule has 94 valence electrons. The number of rotatable bonds is 5. The summed E-state index contributed by atoms with van der Waals surface area (Å²) in [7, 11) is 0. The molecule has 0 spiro atoms. The van der Waals surface area contributed by atoms with Gasteiger partial charge in [-0.05, 0) is 19.4 Å². The number of hydrogen-bond donors (Lipinski definition) is 2. The molecule has 1 aromatic rings. The molecule has 0 saturated heterocycles. The molecule has 0 aliphatic heterocycles. The predicted octanol–water partition coefficient (Wildman–Crippen LogP) is -0.274. The van der Waals surface area contributed by atoms with Crippen LogP contribution >= 0.6 is 0 Å². The number of aromatic hydroxyl groups is 1. The minimum Gasteiger partial charge on any atom is -0.494 e. The molecule has 0 bridgehead atoms. The second kappa shape index (κ2) is 4.75. The lowest BCUT2D eigenvalue weighted by atomic mass is 10.4. The van der Waals surface area contributed by atoms with Gasteiger partial charge in [0.15, 0.2) is 0 Å². The maximum Gasteiger partial charge on any atom is 0.331 e. The van der Waals surface area contributed by atoms with E-state index < -0.39 is 11.2 Å². The third kappa shape index (κ3) is 2.76. The van der Waals surface area contributed by atoms with Crippen LogP contribution in [-0.4, -0.2) is 38.7 Å². The molecule has 1 aromatic heterocycles. The monoisotopic (exact) mass is 239 g/mol. The van der Waals surface area contributed by atoms with E-state index in [9.17, 15) is 14.7 Å². The van der Waals surface area contributed by atoms with E-state index >= 15 is 0 Å². The Morgan fingerprint density at radius 1 is 1.53 bits per heavy atom. The molecule has 0 aromatic carbocycles. The smallest absolute Gasteiger partial charge is 0.331 e. The normalized spacial score (nSPS) is 15.4. The molecule has 1 saturated carbocycles. The van der Waals surface area contributed by atoms with Crippen LogP contribution in [0.2, 0.25) is 0 Å². The van der Waals surface area contributed by atoms with Gasteiger partial charge in [-0.3, -0.25) is 19.2 Å². The Bertz CT molecular complexity index is 501. The van der Waals surface area contributed by atoms with Crippen LogP contribution in [-0.2, 0) is 6.54 Å². The lowest BCUT2D eigenvalue weighted by Gasteiger charge is -2.20. The van der Waals surface area contributed by atoms with Gasteiger partial charge in [0.2, 0.25) is 5.88 Å². The number of H-pyrrole nitrogens is 1. The zero-order chi connectivity index (χ0) is 12.4. The zero-order valence-corrected chi connectivity index (χ0v) is 9.85. The minimum atomic E-state index is -0.571. The van der Waals surface area contributed by atoms with Gasteiger partial charge in [0.25, 0.3) is 5.56 Å². The van der Waals surface area contributed by atoms with Crippen LogP contribution < -0.4 is 11.2 Å². The summed E-state index contributed by atoms with van der Waals surface area (Å²) in [6.45, 7) is 4.11. The summed E-state index contributed by atoms with van der Waals surface area (Å²) in [4.78, 5) is 26.8. The predicted molar refractivity (Wildman–Crippen MR) is 63.3 cm³/mol. The van der Waals surface area contributed by atoms with Crippen LogP contribution in [0.3, 0.4) is 0 Å². The van der Waals surface area contributed by atoms with Crippen LogP contribution in [0, 0.1) is 0 Å². The van der Waals surface area contributed by atoms with Gasteiger partial charge in [0, 0.05) is 19.1 Å². The van der Waals surface area contributed by atoms with E-state index in [1.807, 2.05) is 0 Å². The van der Waals surface area contributed by atoms with Crippen LogP contribution in [0.4, 0.5) is 0 Å². The summed E-state index contributed by atoms with van der Waals surface area (Å²) in [5.74, 6) is -0.273. The van der Waals surface area contributed by atoms with Crippen molar-refractivity contribution in [3.63, 3.8) is 0 Å². The minimum absolute atomic E-state index is 0.273. The first-order chi connectivity index (χ1) is 8.11. The van der Waals surface area contributed by atoms with E-state index in [1.54, 1.807) is 0 Å². The fourth-order valence-corrected chi connectivity index (χ4v) is 1.99. The number of nitrogens with one attached hydrogen (secondary N) is 1. The summed E-state index contributed by atoms with van der Waals surface area (Å²) in [5.41, 5.74) is -1.12. The number of aromatic nitrogens is 2. The average molecular weight is 239 g/mol. The van der Waals surface area contributed by atoms with Crippen molar-refractivity contribution >= 4 is 0 Å². The highest BCUT2D eigenvalue weighted by Crippen LogP contribution is 2.26. The van der Waals surface area contributed by atoms with E-state index in [2.05, 4.69) is 16.8 Å². The molecule has 0 atom stereocenters. The average Bonchev–Trinajstić information content (AvgIpc) is 3.06. The molecule has 0 radical (unpaired) electrons.